The Kier molecular flexibility index (Phi) is 4.63. The molecular formula is C16H19FN2. The Morgan fingerprint density at radius 1 is 1.16 bits per heavy atom. The van der Waals surface area contributed by atoms with Gasteiger partial charge >= 0.3 is 0 Å². The number of halogens is 1. The van der Waals surface area contributed by atoms with E-state index in [1.807, 2.05) is 25.2 Å². The summed E-state index contributed by atoms with van der Waals surface area (Å²) in [6.45, 7) is 2.11. The molecule has 1 aromatic heterocycles. The monoisotopic (exact) mass is 258 g/mol. The van der Waals surface area contributed by atoms with Gasteiger partial charge in [0.05, 0.1) is 11.7 Å². The second kappa shape index (κ2) is 6.43. The molecule has 1 atom stereocenters. The predicted octanol–water partition coefficient (Wildman–Crippen LogP) is 3.29. The van der Waals surface area contributed by atoms with E-state index in [0.29, 0.717) is 6.42 Å². The lowest BCUT2D eigenvalue weighted by atomic mass is 9.98. The smallest absolute Gasteiger partial charge is 0.126 e. The highest BCUT2D eigenvalue weighted by molar-refractivity contribution is 5.26. The Hall–Kier alpha value is -1.74. The first-order valence-corrected chi connectivity index (χ1v) is 6.60. The molecular weight excluding hydrogens is 239 g/mol. The fourth-order valence-electron chi connectivity index (χ4n) is 2.28. The van der Waals surface area contributed by atoms with E-state index in [0.717, 1.165) is 17.7 Å². The molecule has 1 unspecified atom stereocenters. The number of hydrogen-bond acceptors (Lipinski definition) is 2. The molecule has 1 aromatic carbocycles. The molecule has 0 radical (unpaired) electrons. The van der Waals surface area contributed by atoms with Gasteiger partial charge in [-0.3, -0.25) is 4.98 Å². The Balaban J connectivity index is 2.28. The van der Waals surface area contributed by atoms with Gasteiger partial charge in [-0.05, 0) is 43.1 Å². The third-order valence-electron chi connectivity index (χ3n) is 3.37. The van der Waals surface area contributed by atoms with Crippen molar-refractivity contribution in [3.05, 3.63) is 65.2 Å². The minimum atomic E-state index is -0.156. The summed E-state index contributed by atoms with van der Waals surface area (Å²) in [5, 5.41) is 3.24. The fourth-order valence-corrected chi connectivity index (χ4v) is 2.28. The Labute approximate surface area is 113 Å². The zero-order chi connectivity index (χ0) is 13.7. The van der Waals surface area contributed by atoms with Gasteiger partial charge in [-0.25, -0.2) is 4.39 Å². The van der Waals surface area contributed by atoms with Crippen molar-refractivity contribution in [2.75, 3.05) is 7.05 Å². The molecule has 0 spiro atoms. The number of likely N-dealkylation sites (N-methyl/N-ethyl adjacent to an activating group) is 1. The molecule has 0 fully saturated rings. The van der Waals surface area contributed by atoms with Gasteiger partial charge in [-0.2, -0.15) is 0 Å². The van der Waals surface area contributed by atoms with Crippen molar-refractivity contribution < 1.29 is 4.39 Å². The Bertz CT molecular complexity index is 540. The lowest BCUT2D eigenvalue weighted by Crippen LogP contribution is -2.22. The number of rotatable bonds is 5. The van der Waals surface area contributed by atoms with Crippen LogP contribution in [0.2, 0.25) is 0 Å². The van der Waals surface area contributed by atoms with Crippen LogP contribution in [0.3, 0.4) is 0 Å². The molecule has 0 aliphatic rings. The van der Waals surface area contributed by atoms with Crippen molar-refractivity contribution >= 4 is 0 Å². The van der Waals surface area contributed by atoms with Gasteiger partial charge in [0.15, 0.2) is 0 Å². The van der Waals surface area contributed by atoms with Crippen molar-refractivity contribution in [3.63, 3.8) is 0 Å². The summed E-state index contributed by atoms with van der Waals surface area (Å²) in [5.74, 6) is -0.156. The van der Waals surface area contributed by atoms with Crippen LogP contribution in [-0.2, 0) is 12.8 Å². The zero-order valence-corrected chi connectivity index (χ0v) is 11.4. The van der Waals surface area contributed by atoms with E-state index in [4.69, 9.17) is 0 Å². The summed E-state index contributed by atoms with van der Waals surface area (Å²) in [6, 6.07) is 11.0. The van der Waals surface area contributed by atoms with Crippen molar-refractivity contribution in [1.82, 2.24) is 10.3 Å². The first kappa shape index (κ1) is 13.7. The maximum atomic E-state index is 13.7. The maximum absolute atomic E-state index is 13.7. The van der Waals surface area contributed by atoms with Crippen molar-refractivity contribution in [1.29, 1.82) is 0 Å². The van der Waals surface area contributed by atoms with Crippen LogP contribution in [0.5, 0.6) is 0 Å². The van der Waals surface area contributed by atoms with Gasteiger partial charge in [0.1, 0.15) is 5.82 Å². The molecule has 1 N–H and O–H groups in total. The number of pyridine rings is 1. The van der Waals surface area contributed by atoms with E-state index in [1.54, 1.807) is 12.3 Å². The molecule has 2 nitrogen and oxygen atoms in total. The van der Waals surface area contributed by atoms with Crippen LogP contribution in [0.15, 0.2) is 42.6 Å². The lowest BCUT2D eigenvalue weighted by Gasteiger charge is -2.18. The summed E-state index contributed by atoms with van der Waals surface area (Å²) in [7, 11) is 1.89. The van der Waals surface area contributed by atoms with Gasteiger partial charge in [0, 0.05) is 6.20 Å². The minimum Gasteiger partial charge on any atom is -0.311 e. The van der Waals surface area contributed by atoms with E-state index in [1.165, 1.54) is 11.6 Å². The summed E-state index contributed by atoms with van der Waals surface area (Å²) in [4.78, 5) is 4.46. The van der Waals surface area contributed by atoms with Crippen molar-refractivity contribution in [2.24, 2.45) is 0 Å². The fraction of sp³-hybridized carbons (Fsp3) is 0.312. The normalized spacial score (nSPS) is 12.4. The van der Waals surface area contributed by atoms with Crippen LogP contribution in [0.4, 0.5) is 4.39 Å². The minimum absolute atomic E-state index is 0.0352. The van der Waals surface area contributed by atoms with Gasteiger partial charge < -0.3 is 5.32 Å². The first-order chi connectivity index (χ1) is 9.26. The van der Waals surface area contributed by atoms with Crippen LogP contribution in [0, 0.1) is 5.82 Å². The van der Waals surface area contributed by atoms with Crippen molar-refractivity contribution in [3.8, 4) is 0 Å². The molecule has 2 rings (SSSR count). The van der Waals surface area contributed by atoms with Gasteiger partial charge in [0.25, 0.3) is 0 Å². The maximum Gasteiger partial charge on any atom is 0.126 e. The molecule has 0 bridgehead atoms. The molecule has 2 aromatic rings. The van der Waals surface area contributed by atoms with E-state index in [-0.39, 0.29) is 11.9 Å². The number of nitrogens with one attached hydrogen (secondary N) is 1. The first-order valence-electron chi connectivity index (χ1n) is 6.60. The second-order valence-corrected chi connectivity index (χ2v) is 4.54. The number of benzene rings is 1. The molecule has 3 heteroatoms. The number of nitrogens with zero attached hydrogens (tertiary/aromatic N) is 1. The van der Waals surface area contributed by atoms with Gasteiger partial charge in [0.2, 0.25) is 0 Å². The molecule has 0 aliphatic carbocycles. The number of aromatic nitrogens is 1. The highest BCUT2D eigenvalue weighted by atomic mass is 19.1. The van der Waals surface area contributed by atoms with Crippen LogP contribution < -0.4 is 5.32 Å². The summed E-state index contributed by atoms with van der Waals surface area (Å²) in [5.41, 5.74) is 2.93. The SMILES string of the molecule is CCc1cccnc1C(Cc1ccccc1F)NC. The highest BCUT2D eigenvalue weighted by Gasteiger charge is 2.16. The lowest BCUT2D eigenvalue weighted by molar-refractivity contribution is 0.541. The van der Waals surface area contributed by atoms with E-state index in [9.17, 15) is 4.39 Å². The van der Waals surface area contributed by atoms with Gasteiger partial charge in [-0.1, -0.05) is 31.2 Å². The third kappa shape index (κ3) is 3.18. The van der Waals surface area contributed by atoms with Crippen LogP contribution in [0.25, 0.3) is 0 Å². The average Bonchev–Trinajstić information content (AvgIpc) is 2.46. The molecule has 0 saturated carbocycles. The average molecular weight is 258 g/mol. The largest absolute Gasteiger partial charge is 0.311 e. The molecule has 100 valence electrons. The molecule has 0 saturated heterocycles. The number of hydrogen-bond donors (Lipinski definition) is 1. The quantitative estimate of drug-likeness (QED) is 0.890. The third-order valence-corrected chi connectivity index (χ3v) is 3.37. The summed E-state index contributed by atoms with van der Waals surface area (Å²) >= 11 is 0. The molecule has 19 heavy (non-hydrogen) atoms. The molecule has 1 heterocycles. The molecule has 0 amide bonds. The van der Waals surface area contributed by atoms with Crippen LogP contribution in [0.1, 0.15) is 29.8 Å². The topological polar surface area (TPSA) is 24.9 Å². The standard InChI is InChI=1S/C16H19FN2/c1-3-12-8-6-10-19-16(12)15(18-2)11-13-7-4-5-9-14(13)17/h4-10,15,18H,3,11H2,1-2H3. The van der Waals surface area contributed by atoms with E-state index in [2.05, 4.69) is 23.3 Å². The molecule has 0 aliphatic heterocycles. The zero-order valence-electron chi connectivity index (χ0n) is 11.4. The number of aryl methyl sites for hydroxylation is 1. The summed E-state index contributed by atoms with van der Waals surface area (Å²) < 4.78 is 13.7. The van der Waals surface area contributed by atoms with Gasteiger partial charge in [-0.15, -0.1) is 0 Å². The highest BCUT2D eigenvalue weighted by Crippen LogP contribution is 2.21. The van der Waals surface area contributed by atoms with E-state index >= 15 is 0 Å². The van der Waals surface area contributed by atoms with Crippen molar-refractivity contribution in [2.45, 2.75) is 25.8 Å². The second-order valence-electron chi connectivity index (χ2n) is 4.54. The van der Waals surface area contributed by atoms with E-state index < -0.39 is 0 Å². The van der Waals surface area contributed by atoms with Crippen LogP contribution >= 0.6 is 0 Å². The summed E-state index contributed by atoms with van der Waals surface area (Å²) in [6.07, 6.45) is 3.33. The van der Waals surface area contributed by atoms with Crippen LogP contribution in [-0.4, -0.2) is 12.0 Å². The Morgan fingerprint density at radius 2 is 1.89 bits per heavy atom. The Morgan fingerprint density at radius 3 is 2.58 bits per heavy atom. The predicted molar refractivity (Wildman–Crippen MR) is 75.5 cm³/mol.